The van der Waals surface area contributed by atoms with E-state index in [1.807, 2.05) is 36.9 Å². The molecular formula is C22H25N3O3S2. The summed E-state index contributed by atoms with van der Waals surface area (Å²) in [6, 6.07) is 8.38. The minimum absolute atomic E-state index is 0.107. The number of ether oxygens (including phenoxy) is 1. The largest absolute Gasteiger partial charge is 0.484 e. The third kappa shape index (κ3) is 4.54. The summed E-state index contributed by atoms with van der Waals surface area (Å²) in [7, 11) is 0. The van der Waals surface area contributed by atoms with Crippen LogP contribution in [0.2, 0.25) is 0 Å². The maximum absolute atomic E-state index is 12.9. The van der Waals surface area contributed by atoms with Gasteiger partial charge in [0.15, 0.2) is 6.61 Å². The van der Waals surface area contributed by atoms with Crippen molar-refractivity contribution in [1.82, 2.24) is 15.1 Å². The van der Waals surface area contributed by atoms with Gasteiger partial charge in [-0.25, -0.2) is 0 Å². The quantitative estimate of drug-likeness (QED) is 0.481. The Morgan fingerprint density at radius 2 is 2.20 bits per heavy atom. The number of carbonyl (C=O) groups excluding carboxylic acids is 1. The molecule has 2 aromatic heterocycles. The highest BCUT2D eigenvalue weighted by Crippen LogP contribution is 2.35. The molecular weight excluding hydrogens is 418 g/mol. The lowest BCUT2D eigenvalue weighted by atomic mass is 9.98. The van der Waals surface area contributed by atoms with Gasteiger partial charge in [-0.3, -0.25) is 4.79 Å². The van der Waals surface area contributed by atoms with Gasteiger partial charge in [0.2, 0.25) is 5.91 Å². The standard InChI is InChI=1S/C22H25N3O3S2/c1-4-17-16-8-10-29-19(16)7-9-25(17)21(26)13-30-22-24-23-20(28-22)12-27-18-11-14(2)5-6-15(18)3/h5-6,8,10-11,17H,4,7,9,12-13H2,1-3H3. The molecule has 1 amide bonds. The monoisotopic (exact) mass is 443 g/mol. The number of thioether (sulfide) groups is 1. The zero-order valence-electron chi connectivity index (χ0n) is 17.4. The molecule has 6 nitrogen and oxygen atoms in total. The van der Waals surface area contributed by atoms with Crippen LogP contribution in [0.4, 0.5) is 0 Å². The molecule has 0 aliphatic carbocycles. The topological polar surface area (TPSA) is 68.5 Å². The van der Waals surface area contributed by atoms with E-state index in [1.165, 1.54) is 22.2 Å². The van der Waals surface area contributed by atoms with Crippen LogP contribution in [-0.2, 0) is 17.8 Å². The Balaban J connectivity index is 1.32. The van der Waals surface area contributed by atoms with Crippen LogP contribution in [0.5, 0.6) is 5.75 Å². The molecule has 0 fully saturated rings. The second-order valence-corrected chi connectivity index (χ2v) is 9.30. The third-order valence-electron chi connectivity index (χ3n) is 5.26. The molecule has 30 heavy (non-hydrogen) atoms. The first-order valence-corrected chi connectivity index (χ1v) is 11.9. The van der Waals surface area contributed by atoms with Crippen LogP contribution in [0.3, 0.4) is 0 Å². The van der Waals surface area contributed by atoms with Crippen molar-refractivity contribution in [2.24, 2.45) is 0 Å². The molecule has 158 valence electrons. The molecule has 0 saturated carbocycles. The van der Waals surface area contributed by atoms with E-state index in [2.05, 4.69) is 28.6 Å². The highest BCUT2D eigenvalue weighted by atomic mass is 32.2. The van der Waals surface area contributed by atoms with Crippen molar-refractivity contribution in [3.05, 3.63) is 57.1 Å². The lowest BCUT2D eigenvalue weighted by Gasteiger charge is -2.35. The van der Waals surface area contributed by atoms with Gasteiger partial charge in [-0.1, -0.05) is 30.8 Å². The minimum atomic E-state index is 0.107. The van der Waals surface area contributed by atoms with E-state index in [0.29, 0.717) is 11.1 Å². The fraction of sp³-hybridized carbons (Fsp3) is 0.409. The fourth-order valence-electron chi connectivity index (χ4n) is 3.70. The molecule has 3 aromatic rings. The molecule has 1 unspecified atom stereocenters. The van der Waals surface area contributed by atoms with Crippen molar-refractivity contribution in [3.8, 4) is 5.75 Å². The molecule has 1 aromatic carbocycles. The molecule has 4 rings (SSSR count). The second-order valence-electron chi connectivity index (χ2n) is 7.37. The van der Waals surface area contributed by atoms with Crippen LogP contribution in [0.1, 0.15) is 46.8 Å². The van der Waals surface area contributed by atoms with Crippen molar-refractivity contribution in [2.75, 3.05) is 12.3 Å². The lowest BCUT2D eigenvalue weighted by molar-refractivity contribution is -0.131. The number of hydrogen-bond donors (Lipinski definition) is 0. The molecule has 1 atom stereocenters. The number of benzene rings is 1. The van der Waals surface area contributed by atoms with Crippen LogP contribution >= 0.6 is 23.1 Å². The third-order valence-corrected chi connectivity index (χ3v) is 7.06. The molecule has 1 aliphatic heterocycles. The van der Waals surface area contributed by atoms with Gasteiger partial charge in [-0.2, -0.15) is 0 Å². The van der Waals surface area contributed by atoms with Gasteiger partial charge in [0, 0.05) is 11.4 Å². The summed E-state index contributed by atoms with van der Waals surface area (Å²) in [5.74, 6) is 1.60. The molecule has 0 N–H and O–H groups in total. The van der Waals surface area contributed by atoms with Gasteiger partial charge in [0.1, 0.15) is 5.75 Å². The average molecular weight is 444 g/mol. The van der Waals surface area contributed by atoms with Crippen LogP contribution in [-0.4, -0.2) is 33.3 Å². The Hall–Kier alpha value is -2.32. The van der Waals surface area contributed by atoms with E-state index in [1.54, 1.807) is 11.3 Å². The van der Waals surface area contributed by atoms with E-state index in [0.717, 1.165) is 36.3 Å². The first-order chi connectivity index (χ1) is 14.5. The van der Waals surface area contributed by atoms with Gasteiger partial charge in [0.25, 0.3) is 11.1 Å². The Morgan fingerprint density at radius 1 is 1.33 bits per heavy atom. The molecule has 3 heterocycles. The predicted molar refractivity (Wildman–Crippen MR) is 118 cm³/mol. The van der Waals surface area contributed by atoms with Crippen LogP contribution < -0.4 is 4.74 Å². The van der Waals surface area contributed by atoms with Crippen molar-refractivity contribution in [1.29, 1.82) is 0 Å². The summed E-state index contributed by atoms with van der Waals surface area (Å²) in [6.07, 6.45) is 1.85. The van der Waals surface area contributed by atoms with Crippen LogP contribution in [0.25, 0.3) is 0 Å². The van der Waals surface area contributed by atoms with Crippen LogP contribution in [0, 0.1) is 13.8 Å². The van der Waals surface area contributed by atoms with Crippen molar-refractivity contribution in [3.63, 3.8) is 0 Å². The molecule has 0 radical (unpaired) electrons. The van der Waals surface area contributed by atoms with E-state index in [9.17, 15) is 4.79 Å². The Labute approximate surface area is 184 Å². The maximum atomic E-state index is 12.9. The van der Waals surface area contributed by atoms with Gasteiger partial charge < -0.3 is 14.1 Å². The molecule has 0 bridgehead atoms. The van der Waals surface area contributed by atoms with Gasteiger partial charge in [0.05, 0.1) is 11.8 Å². The Morgan fingerprint density at radius 3 is 3.03 bits per heavy atom. The van der Waals surface area contributed by atoms with E-state index >= 15 is 0 Å². The molecule has 8 heteroatoms. The van der Waals surface area contributed by atoms with Gasteiger partial charge in [-0.05, 0) is 60.9 Å². The maximum Gasteiger partial charge on any atom is 0.277 e. The number of amides is 1. The molecule has 1 aliphatic rings. The number of fused-ring (bicyclic) bond motifs is 1. The summed E-state index contributed by atoms with van der Waals surface area (Å²) < 4.78 is 11.5. The van der Waals surface area contributed by atoms with Gasteiger partial charge in [-0.15, -0.1) is 21.5 Å². The summed E-state index contributed by atoms with van der Waals surface area (Å²) >= 11 is 3.07. The number of carbonyl (C=O) groups is 1. The van der Waals surface area contributed by atoms with Gasteiger partial charge >= 0.3 is 0 Å². The number of hydrogen-bond acceptors (Lipinski definition) is 7. The number of aryl methyl sites for hydroxylation is 2. The first-order valence-electron chi connectivity index (χ1n) is 10.1. The van der Waals surface area contributed by atoms with Crippen molar-refractivity contribution >= 4 is 29.0 Å². The second kappa shape index (κ2) is 9.22. The minimum Gasteiger partial charge on any atom is -0.484 e. The Kier molecular flexibility index (Phi) is 6.43. The summed E-state index contributed by atoms with van der Waals surface area (Å²) in [4.78, 5) is 16.2. The Bertz CT molecular complexity index is 1030. The number of nitrogens with zero attached hydrogens (tertiary/aromatic N) is 3. The van der Waals surface area contributed by atoms with Crippen molar-refractivity contribution in [2.45, 2.75) is 51.5 Å². The number of aromatic nitrogens is 2. The summed E-state index contributed by atoms with van der Waals surface area (Å²) in [5, 5.41) is 10.6. The SMILES string of the molecule is CCC1c2ccsc2CCN1C(=O)CSc1nnc(COc2cc(C)ccc2C)o1. The first kappa shape index (κ1) is 20.9. The van der Waals surface area contributed by atoms with Crippen molar-refractivity contribution < 1.29 is 13.9 Å². The number of thiophene rings is 1. The lowest BCUT2D eigenvalue weighted by Crippen LogP contribution is -2.40. The van der Waals surface area contributed by atoms with Crippen LogP contribution in [0.15, 0.2) is 39.3 Å². The zero-order valence-corrected chi connectivity index (χ0v) is 19.0. The predicted octanol–water partition coefficient (Wildman–Crippen LogP) is 4.96. The highest BCUT2D eigenvalue weighted by molar-refractivity contribution is 7.99. The number of rotatable bonds is 7. The van der Waals surface area contributed by atoms with E-state index in [4.69, 9.17) is 9.15 Å². The van der Waals surface area contributed by atoms with E-state index in [-0.39, 0.29) is 24.3 Å². The zero-order chi connectivity index (χ0) is 21.1. The smallest absolute Gasteiger partial charge is 0.277 e. The molecule has 0 spiro atoms. The fourth-order valence-corrected chi connectivity index (χ4v) is 5.29. The normalized spacial score (nSPS) is 15.8. The molecule has 0 saturated heterocycles. The average Bonchev–Trinajstić information content (AvgIpc) is 3.41. The summed E-state index contributed by atoms with van der Waals surface area (Å²) in [6.45, 7) is 7.13. The van der Waals surface area contributed by atoms with E-state index < -0.39 is 0 Å². The summed E-state index contributed by atoms with van der Waals surface area (Å²) in [5.41, 5.74) is 3.49. The highest BCUT2D eigenvalue weighted by Gasteiger charge is 2.30.